The van der Waals surface area contributed by atoms with Gasteiger partial charge < -0.3 is 4.74 Å². The maximum Gasteiger partial charge on any atom is 0.193 e. The molecule has 0 saturated heterocycles. The summed E-state index contributed by atoms with van der Waals surface area (Å²) in [5.41, 5.74) is 1.29. The SMILES string of the molecule is COc1cccc(C(=O)c2cc[c]cc2)c1. The van der Waals surface area contributed by atoms with Gasteiger partial charge in [-0.25, -0.2) is 0 Å². The Balaban J connectivity index is 2.34. The third-order valence-electron chi connectivity index (χ3n) is 2.31. The Morgan fingerprint density at radius 2 is 1.88 bits per heavy atom. The second kappa shape index (κ2) is 4.62. The summed E-state index contributed by atoms with van der Waals surface area (Å²) in [6.45, 7) is 0. The number of methoxy groups -OCH3 is 1. The minimum absolute atomic E-state index is 0.00657. The molecule has 0 aliphatic rings. The van der Waals surface area contributed by atoms with Gasteiger partial charge >= 0.3 is 0 Å². The summed E-state index contributed by atoms with van der Waals surface area (Å²) >= 11 is 0. The molecule has 79 valence electrons. The fraction of sp³-hybridized carbons (Fsp3) is 0.0714. The first-order valence-electron chi connectivity index (χ1n) is 4.96. The number of hydrogen-bond acceptors (Lipinski definition) is 2. The highest BCUT2D eigenvalue weighted by atomic mass is 16.5. The average Bonchev–Trinajstić information content (AvgIpc) is 2.39. The fourth-order valence-electron chi connectivity index (χ4n) is 1.47. The Labute approximate surface area is 94.5 Å². The average molecular weight is 211 g/mol. The van der Waals surface area contributed by atoms with E-state index in [4.69, 9.17) is 4.74 Å². The van der Waals surface area contributed by atoms with E-state index in [1.165, 1.54) is 0 Å². The van der Waals surface area contributed by atoms with Gasteiger partial charge in [-0.3, -0.25) is 4.79 Å². The van der Waals surface area contributed by atoms with Gasteiger partial charge in [0.05, 0.1) is 7.11 Å². The minimum atomic E-state index is -0.00657. The summed E-state index contributed by atoms with van der Waals surface area (Å²) in [4.78, 5) is 12.0. The van der Waals surface area contributed by atoms with Gasteiger partial charge in [-0.15, -0.1) is 0 Å². The highest BCUT2D eigenvalue weighted by Gasteiger charge is 2.08. The lowest BCUT2D eigenvalue weighted by atomic mass is 10.0. The van der Waals surface area contributed by atoms with Crippen LogP contribution in [0.1, 0.15) is 15.9 Å². The van der Waals surface area contributed by atoms with Gasteiger partial charge in [-0.1, -0.05) is 36.4 Å². The second-order valence-electron chi connectivity index (χ2n) is 3.35. The van der Waals surface area contributed by atoms with E-state index < -0.39 is 0 Å². The zero-order valence-electron chi connectivity index (χ0n) is 8.94. The van der Waals surface area contributed by atoms with Crippen molar-refractivity contribution in [3.05, 3.63) is 65.7 Å². The normalized spacial score (nSPS) is 9.81. The molecule has 1 radical (unpaired) electrons. The molecule has 0 atom stereocenters. The summed E-state index contributed by atoms with van der Waals surface area (Å²) in [5, 5.41) is 0. The van der Waals surface area contributed by atoms with Crippen LogP contribution in [0, 0.1) is 6.07 Å². The molecule has 16 heavy (non-hydrogen) atoms. The van der Waals surface area contributed by atoms with Crippen LogP contribution < -0.4 is 4.74 Å². The van der Waals surface area contributed by atoms with Crippen LogP contribution in [0.4, 0.5) is 0 Å². The lowest BCUT2D eigenvalue weighted by Gasteiger charge is -2.03. The van der Waals surface area contributed by atoms with Crippen molar-refractivity contribution < 1.29 is 9.53 Å². The molecule has 0 heterocycles. The van der Waals surface area contributed by atoms with Crippen molar-refractivity contribution in [2.75, 3.05) is 7.11 Å². The number of rotatable bonds is 3. The van der Waals surface area contributed by atoms with Crippen molar-refractivity contribution in [3.63, 3.8) is 0 Å². The number of hydrogen-bond donors (Lipinski definition) is 0. The van der Waals surface area contributed by atoms with Crippen molar-refractivity contribution in [1.82, 2.24) is 0 Å². The number of carbonyl (C=O) groups excluding carboxylic acids is 1. The molecule has 0 fully saturated rings. The molecular formula is C14H11O2. The monoisotopic (exact) mass is 211 g/mol. The molecule has 0 amide bonds. The largest absolute Gasteiger partial charge is 0.497 e. The third-order valence-corrected chi connectivity index (χ3v) is 2.31. The van der Waals surface area contributed by atoms with Crippen LogP contribution in [0.25, 0.3) is 0 Å². The first kappa shape index (κ1) is 10.4. The first-order chi connectivity index (χ1) is 7.81. The Morgan fingerprint density at radius 3 is 2.56 bits per heavy atom. The lowest BCUT2D eigenvalue weighted by molar-refractivity contribution is 0.103. The molecule has 0 aliphatic heterocycles. The number of carbonyl (C=O) groups is 1. The molecular weight excluding hydrogens is 200 g/mol. The van der Waals surface area contributed by atoms with Gasteiger partial charge in [0, 0.05) is 11.1 Å². The quantitative estimate of drug-likeness (QED) is 0.730. The maximum absolute atomic E-state index is 12.0. The van der Waals surface area contributed by atoms with Gasteiger partial charge in [0.1, 0.15) is 5.75 Å². The lowest BCUT2D eigenvalue weighted by Crippen LogP contribution is -2.00. The van der Waals surface area contributed by atoms with Gasteiger partial charge in [-0.2, -0.15) is 0 Å². The fourth-order valence-corrected chi connectivity index (χ4v) is 1.47. The van der Waals surface area contributed by atoms with Crippen LogP contribution in [0.15, 0.2) is 48.5 Å². The van der Waals surface area contributed by atoms with Crippen molar-refractivity contribution >= 4 is 5.78 Å². The Bertz CT molecular complexity index is 489. The van der Waals surface area contributed by atoms with Crippen LogP contribution >= 0.6 is 0 Å². The minimum Gasteiger partial charge on any atom is -0.497 e. The zero-order valence-corrected chi connectivity index (χ0v) is 8.94. The molecule has 2 nitrogen and oxygen atoms in total. The van der Waals surface area contributed by atoms with E-state index in [-0.39, 0.29) is 5.78 Å². The predicted octanol–water partition coefficient (Wildman–Crippen LogP) is 2.73. The van der Waals surface area contributed by atoms with E-state index in [2.05, 4.69) is 6.07 Å². The molecule has 0 spiro atoms. The van der Waals surface area contributed by atoms with Crippen molar-refractivity contribution in [3.8, 4) is 5.75 Å². The van der Waals surface area contributed by atoms with Crippen molar-refractivity contribution in [2.45, 2.75) is 0 Å². The number of benzene rings is 2. The predicted molar refractivity (Wildman–Crippen MR) is 61.7 cm³/mol. The van der Waals surface area contributed by atoms with Crippen LogP contribution in [0.5, 0.6) is 5.75 Å². The summed E-state index contributed by atoms with van der Waals surface area (Å²) in [7, 11) is 1.58. The smallest absolute Gasteiger partial charge is 0.193 e. The zero-order chi connectivity index (χ0) is 11.4. The van der Waals surface area contributed by atoms with Crippen molar-refractivity contribution in [2.24, 2.45) is 0 Å². The number of ketones is 1. The molecule has 0 bridgehead atoms. The molecule has 0 saturated carbocycles. The molecule has 0 N–H and O–H groups in total. The van der Waals surface area contributed by atoms with E-state index in [1.54, 1.807) is 49.6 Å². The van der Waals surface area contributed by atoms with Gasteiger partial charge in [0.25, 0.3) is 0 Å². The third kappa shape index (κ3) is 2.11. The summed E-state index contributed by atoms with van der Waals surface area (Å²) in [6.07, 6.45) is 0. The van der Waals surface area contributed by atoms with Crippen LogP contribution in [0.2, 0.25) is 0 Å². The Morgan fingerprint density at radius 1 is 1.12 bits per heavy atom. The topological polar surface area (TPSA) is 26.3 Å². The standard InChI is InChI=1S/C14H11O2/c1-16-13-9-5-8-12(10-13)14(15)11-6-3-2-4-7-11/h3-10H,1H3. The van der Waals surface area contributed by atoms with E-state index >= 15 is 0 Å². The van der Waals surface area contributed by atoms with E-state index in [0.717, 1.165) is 0 Å². The number of ether oxygens (including phenoxy) is 1. The molecule has 2 rings (SSSR count). The van der Waals surface area contributed by atoms with Gasteiger partial charge in [-0.05, 0) is 18.2 Å². The second-order valence-corrected chi connectivity index (χ2v) is 3.35. The van der Waals surface area contributed by atoms with E-state index in [0.29, 0.717) is 16.9 Å². The molecule has 2 aromatic rings. The maximum atomic E-state index is 12.0. The summed E-state index contributed by atoms with van der Waals surface area (Å²) in [5.74, 6) is 0.682. The summed E-state index contributed by atoms with van der Waals surface area (Å²) in [6, 6.07) is 17.0. The summed E-state index contributed by atoms with van der Waals surface area (Å²) < 4.78 is 5.08. The molecule has 2 heteroatoms. The molecule has 0 unspecified atom stereocenters. The van der Waals surface area contributed by atoms with Crippen LogP contribution in [-0.4, -0.2) is 12.9 Å². The van der Waals surface area contributed by atoms with E-state index in [9.17, 15) is 4.79 Å². The Kier molecular flexibility index (Phi) is 3.01. The van der Waals surface area contributed by atoms with Crippen LogP contribution in [0.3, 0.4) is 0 Å². The molecule has 2 aromatic carbocycles. The first-order valence-corrected chi connectivity index (χ1v) is 4.96. The molecule has 0 aliphatic carbocycles. The van der Waals surface area contributed by atoms with Crippen LogP contribution in [-0.2, 0) is 0 Å². The molecule has 0 aromatic heterocycles. The van der Waals surface area contributed by atoms with Gasteiger partial charge in [0.15, 0.2) is 5.78 Å². The highest BCUT2D eigenvalue weighted by molar-refractivity contribution is 6.09. The van der Waals surface area contributed by atoms with E-state index in [1.807, 2.05) is 6.07 Å². The Hall–Kier alpha value is -2.09. The highest BCUT2D eigenvalue weighted by Crippen LogP contribution is 2.15. The van der Waals surface area contributed by atoms with Crippen molar-refractivity contribution in [1.29, 1.82) is 0 Å². The van der Waals surface area contributed by atoms with Gasteiger partial charge in [0.2, 0.25) is 0 Å².